The van der Waals surface area contributed by atoms with Gasteiger partial charge in [0.1, 0.15) is 11.6 Å². The van der Waals surface area contributed by atoms with Crippen molar-refractivity contribution in [2.75, 3.05) is 20.3 Å². The first-order valence-corrected chi connectivity index (χ1v) is 7.55. The molecule has 1 N–H and O–H groups in total. The zero-order valence-electron chi connectivity index (χ0n) is 13.3. The van der Waals surface area contributed by atoms with E-state index >= 15 is 0 Å². The lowest BCUT2D eigenvalue weighted by atomic mass is 10.1. The summed E-state index contributed by atoms with van der Waals surface area (Å²) in [5, 5.41) is 3.31. The molecule has 0 aliphatic heterocycles. The number of rotatable bonds is 8. The maximum atomic E-state index is 13.7. The lowest BCUT2D eigenvalue weighted by Crippen LogP contribution is -2.21. The van der Waals surface area contributed by atoms with Gasteiger partial charge >= 0.3 is 0 Å². The van der Waals surface area contributed by atoms with Crippen molar-refractivity contribution in [3.05, 3.63) is 59.7 Å². The molecule has 0 radical (unpaired) electrons. The number of ether oxygens (including phenoxy) is 2. The quantitative estimate of drug-likeness (QED) is 0.743. The van der Waals surface area contributed by atoms with Gasteiger partial charge in [-0.1, -0.05) is 6.07 Å². The molecule has 0 aromatic heterocycles. The summed E-state index contributed by atoms with van der Waals surface area (Å²) in [7, 11) is 1.45. The van der Waals surface area contributed by atoms with Crippen molar-refractivity contribution in [2.45, 2.75) is 19.4 Å². The molecule has 0 saturated heterocycles. The van der Waals surface area contributed by atoms with Crippen LogP contribution in [0.4, 0.5) is 8.78 Å². The van der Waals surface area contributed by atoms with Gasteiger partial charge in [0.25, 0.3) is 0 Å². The standard InChI is InChI=1S/C18H21F2NO2/c1-13(14-4-9-18(22-2)17(20)12-14)21-10-3-11-23-16-7-5-15(19)6-8-16/h4-9,12-13,21H,3,10-11H2,1-2H3. The molecule has 0 spiro atoms. The van der Waals surface area contributed by atoms with Gasteiger partial charge in [0.05, 0.1) is 13.7 Å². The Morgan fingerprint density at radius 2 is 1.83 bits per heavy atom. The topological polar surface area (TPSA) is 30.5 Å². The van der Waals surface area contributed by atoms with E-state index in [-0.39, 0.29) is 23.4 Å². The van der Waals surface area contributed by atoms with Crippen LogP contribution in [0.15, 0.2) is 42.5 Å². The maximum absolute atomic E-state index is 13.7. The maximum Gasteiger partial charge on any atom is 0.165 e. The van der Waals surface area contributed by atoms with Crippen molar-refractivity contribution < 1.29 is 18.3 Å². The molecule has 124 valence electrons. The van der Waals surface area contributed by atoms with Gasteiger partial charge in [0.2, 0.25) is 0 Å². The van der Waals surface area contributed by atoms with Crippen molar-refractivity contribution >= 4 is 0 Å². The lowest BCUT2D eigenvalue weighted by molar-refractivity contribution is 0.305. The summed E-state index contributed by atoms with van der Waals surface area (Å²) in [5.74, 6) is 0.253. The van der Waals surface area contributed by atoms with E-state index < -0.39 is 0 Å². The van der Waals surface area contributed by atoms with Crippen molar-refractivity contribution in [2.24, 2.45) is 0 Å². The van der Waals surface area contributed by atoms with Crippen molar-refractivity contribution in [1.82, 2.24) is 5.32 Å². The molecule has 23 heavy (non-hydrogen) atoms. The summed E-state index contributed by atoms with van der Waals surface area (Å²) in [5.41, 5.74) is 0.864. The van der Waals surface area contributed by atoms with Crippen LogP contribution in [-0.4, -0.2) is 20.3 Å². The molecule has 0 bridgehead atoms. The molecule has 0 aliphatic carbocycles. The summed E-state index contributed by atoms with van der Waals surface area (Å²) in [6, 6.07) is 10.9. The molecule has 0 fully saturated rings. The van der Waals surface area contributed by atoms with Crippen LogP contribution < -0.4 is 14.8 Å². The predicted molar refractivity (Wildman–Crippen MR) is 85.9 cm³/mol. The second-order valence-corrected chi connectivity index (χ2v) is 5.23. The Morgan fingerprint density at radius 3 is 2.48 bits per heavy atom. The van der Waals surface area contributed by atoms with E-state index in [0.29, 0.717) is 12.4 Å². The molecule has 2 rings (SSSR count). The molecule has 1 unspecified atom stereocenters. The molecule has 0 aliphatic rings. The highest BCUT2D eigenvalue weighted by Gasteiger charge is 2.09. The minimum atomic E-state index is -0.363. The monoisotopic (exact) mass is 321 g/mol. The minimum Gasteiger partial charge on any atom is -0.494 e. The molecule has 5 heteroatoms. The highest BCUT2D eigenvalue weighted by molar-refractivity contribution is 5.30. The van der Waals surface area contributed by atoms with E-state index in [4.69, 9.17) is 9.47 Å². The Balaban J connectivity index is 1.71. The van der Waals surface area contributed by atoms with E-state index in [2.05, 4.69) is 5.32 Å². The first kappa shape index (κ1) is 17.2. The third kappa shape index (κ3) is 5.21. The minimum absolute atomic E-state index is 0.0289. The molecule has 0 saturated carbocycles. The fourth-order valence-corrected chi connectivity index (χ4v) is 2.18. The van der Waals surface area contributed by atoms with Gasteiger partial charge in [-0.25, -0.2) is 8.78 Å². The molecular formula is C18H21F2NO2. The summed E-state index contributed by atoms with van der Waals surface area (Å²) in [6.45, 7) is 3.24. The van der Waals surface area contributed by atoms with Crippen LogP contribution >= 0.6 is 0 Å². The predicted octanol–water partition coefficient (Wildman–Crippen LogP) is 4.09. The third-order valence-corrected chi connectivity index (χ3v) is 3.53. The molecule has 2 aromatic carbocycles. The molecule has 1 atom stereocenters. The van der Waals surface area contributed by atoms with Crippen LogP contribution in [0.5, 0.6) is 11.5 Å². The van der Waals surface area contributed by atoms with Gasteiger partial charge in [-0.2, -0.15) is 0 Å². The van der Waals surface area contributed by atoms with Crippen molar-refractivity contribution in [1.29, 1.82) is 0 Å². The zero-order chi connectivity index (χ0) is 16.7. The van der Waals surface area contributed by atoms with E-state index in [1.54, 1.807) is 18.2 Å². The highest BCUT2D eigenvalue weighted by atomic mass is 19.1. The molecule has 3 nitrogen and oxygen atoms in total. The van der Waals surface area contributed by atoms with Gasteiger partial charge in [-0.15, -0.1) is 0 Å². The van der Waals surface area contributed by atoms with Gasteiger partial charge in [0.15, 0.2) is 11.6 Å². The van der Waals surface area contributed by atoms with Crippen LogP contribution in [0.3, 0.4) is 0 Å². The second kappa shape index (κ2) is 8.48. The number of nitrogens with one attached hydrogen (secondary N) is 1. The van der Waals surface area contributed by atoms with E-state index in [9.17, 15) is 8.78 Å². The number of hydrogen-bond donors (Lipinski definition) is 1. The fourth-order valence-electron chi connectivity index (χ4n) is 2.18. The smallest absolute Gasteiger partial charge is 0.165 e. The molecule has 0 heterocycles. The number of halogens is 2. The molecule has 0 amide bonds. The van der Waals surface area contributed by atoms with E-state index in [1.807, 2.05) is 13.0 Å². The fraction of sp³-hybridized carbons (Fsp3) is 0.333. The average Bonchev–Trinajstić information content (AvgIpc) is 2.56. The summed E-state index contributed by atoms with van der Waals surface area (Å²) < 4.78 is 36.8. The molecule has 2 aromatic rings. The molecular weight excluding hydrogens is 300 g/mol. The van der Waals surface area contributed by atoms with Crippen molar-refractivity contribution in [3.63, 3.8) is 0 Å². The first-order valence-electron chi connectivity index (χ1n) is 7.55. The average molecular weight is 321 g/mol. The Morgan fingerprint density at radius 1 is 1.09 bits per heavy atom. The van der Waals surface area contributed by atoms with Crippen LogP contribution in [0.25, 0.3) is 0 Å². The van der Waals surface area contributed by atoms with Gasteiger partial charge in [-0.05, 0) is 61.9 Å². The third-order valence-electron chi connectivity index (χ3n) is 3.53. The Labute approximate surface area is 135 Å². The largest absolute Gasteiger partial charge is 0.494 e. The number of benzene rings is 2. The second-order valence-electron chi connectivity index (χ2n) is 5.23. The van der Waals surface area contributed by atoms with Crippen LogP contribution in [-0.2, 0) is 0 Å². The lowest BCUT2D eigenvalue weighted by Gasteiger charge is -2.15. The SMILES string of the molecule is COc1ccc(C(C)NCCCOc2ccc(F)cc2)cc1F. The van der Waals surface area contributed by atoms with E-state index in [1.165, 1.54) is 25.3 Å². The van der Waals surface area contributed by atoms with Gasteiger partial charge < -0.3 is 14.8 Å². The number of hydrogen-bond acceptors (Lipinski definition) is 3. The highest BCUT2D eigenvalue weighted by Crippen LogP contribution is 2.21. The summed E-state index contributed by atoms with van der Waals surface area (Å²) in [6.07, 6.45) is 0.792. The Hall–Kier alpha value is -2.14. The zero-order valence-corrected chi connectivity index (χ0v) is 13.3. The van der Waals surface area contributed by atoms with Crippen LogP contribution in [0.1, 0.15) is 24.9 Å². The number of methoxy groups -OCH3 is 1. The van der Waals surface area contributed by atoms with Gasteiger partial charge in [-0.3, -0.25) is 0 Å². The Kier molecular flexibility index (Phi) is 6.35. The normalized spacial score (nSPS) is 12.0. The summed E-state index contributed by atoms with van der Waals surface area (Å²) in [4.78, 5) is 0. The van der Waals surface area contributed by atoms with Gasteiger partial charge in [0, 0.05) is 6.04 Å². The summed E-state index contributed by atoms with van der Waals surface area (Å²) >= 11 is 0. The van der Waals surface area contributed by atoms with E-state index in [0.717, 1.165) is 18.5 Å². The Bertz CT molecular complexity index is 617. The van der Waals surface area contributed by atoms with Crippen LogP contribution in [0.2, 0.25) is 0 Å². The van der Waals surface area contributed by atoms with Crippen LogP contribution in [0, 0.1) is 11.6 Å². The van der Waals surface area contributed by atoms with Crippen molar-refractivity contribution in [3.8, 4) is 11.5 Å². The first-order chi connectivity index (χ1) is 11.1.